The predicted octanol–water partition coefficient (Wildman–Crippen LogP) is -1.71. The van der Waals surface area contributed by atoms with E-state index in [-0.39, 0.29) is 12.8 Å². The molecular weight excluding hydrogens is 194 g/mol. The number of rotatable bonds is 4. The van der Waals surface area contributed by atoms with E-state index in [1.54, 1.807) is 0 Å². The summed E-state index contributed by atoms with van der Waals surface area (Å²) in [5, 5.41) is 15.4. The van der Waals surface area contributed by atoms with Gasteiger partial charge in [-0.25, -0.2) is 4.79 Å². The lowest BCUT2D eigenvalue weighted by atomic mass is 10.2. The number of hydrogen-bond acceptors (Lipinski definition) is 4. The van der Waals surface area contributed by atoms with Crippen molar-refractivity contribution < 1.29 is 24.6 Å². The maximum Gasteiger partial charge on any atom is 0.402 e. The molecule has 0 radical (unpaired) electrons. The van der Waals surface area contributed by atoms with Gasteiger partial charge in [0.05, 0.1) is 0 Å². The summed E-state index contributed by atoms with van der Waals surface area (Å²) in [5.74, 6) is -1.64. The first kappa shape index (κ1) is 14.7. The van der Waals surface area contributed by atoms with Gasteiger partial charge in [-0.05, 0) is 6.42 Å². The normalized spacial score (nSPS) is 10.6. The van der Waals surface area contributed by atoms with Crippen LogP contribution in [0.15, 0.2) is 0 Å². The second-order valence-electron chi connectivity index (χ2n) is 2.29. The van der Waals surface area contributed by atoms with Gasteiger partial charge in [0.25, 0.3) is 0 Å². The lowest BCUT2D eigenvalue weighted by Gasteiger charge is -2.01. The number of hydrogen-bond donors (Lipinski definition) is 5. The van der Waals surface area contributed by atoms with Crippen molar-refractivity contribution in [2.45, 2.75) is 18.9 Å². The fourth-order valence-corrected chi connectivity index (χ4v) is 0.421. The van der Waals surface area contributed by atoms with Crippen LogP contribution in [0.5, 0.6) is 0 Å². The van der Waals surface area contributed by atoms with Gasteiger partial charge in [-0.2, -0.15) is 0 Å². The summed E-state index contributed by atoms with van der Waals surface area (Å²) in [6, 6.07) is -0.979. The van der Waals surface area contributed by atoms with Crippen LogP contribution in [-0.4, -0.2) is 34.2 Å². The number of carboxylic acid groups (broad SMARTS) is 2. The Bertz CT molecular complexity index is 214. The summed E-state index contributed by atoms with van der Waals surface area (Å²) in [5.41, 5.74) is 13.8. The average molecular weight is 207 g/mol. The van der Waals surface area contributed by atoms with Crippen LogP contribution in [0.3, 0.4) is 0 Å². The summed E-state index contributed by atoms with van der Waals surface area (Å²) in [6.07, 6.45) is -1.21. The molecule has 0 aliphatic heterocycles. The zero-order valence-electron chi connectivity index (χ0n) is 7.34. The highest BCUT2D eigenvalue weighted by molar-refractivity contribution is 5.76. The van der Waals surface area contributed by atoms with E-state index in [1.165, 1.54) is 0 Å². The Kier molecular flexibility index (Phi) is 8.18. The highest BCUT2D eigenvalue weighted by Gasteiger charge is 2.11. The number of primary amides is 2. The summed E-state index contributed by atoms with van der Waals surface area (Å²) in [6.45, 7) is 0. The summed E-state index contributed by atoms with van der Waals surface area (Å²) in [4.78, 5) is 28.9. The van der Waals surface area contributed by atoms with Crippen LogP contribution in [0.25, 0.3) is 0 Å². The zero-order chi connectivity index (χ0) is 11.7. The highest BCUT2D eigenvalue weighted by Crippen LogP contribution is 1.92. The van der Waals surface area contributed by atoms with Crippen molar-refractivity contribution in [1.82, 2.24) is 0 Å². The molecule has 0 aromatic rings. The molecule has 2 amide bonds. The maximum atomic E-state index is 10.1. The van der Waals surface area contributed by atoms with E-state index in [0.717, 1.165) is 0 Å². The van der Waals surface area contributed by atoms with E-state index >= 15 is 0 Å². The highest BCUT2D eigenvalue weighted by atomic mass is 16.4. The van der Waals surface area contributed by atoms with Gasteiger partial charge in [-0.1, -0.05) is 0 Å². The number of aliphatic carboxylic acids is 1. The van der Waals surface area contributed by atoms with Gasteiger partial charge in [0.1, 0.15) is 6.04 Å². The fraction of sp³-hybridized carbons (Fsp3) is 0.500. The Morgan fingerprint density at radius 2 is 1.50 bits per heavy atom. The molecule has 0 heterocycles. The molecule has 14 heavy (non-hydrogen) atoms. The Morgan fingerprint density at radius 1 is 1.14 bits per heavy atom. The molecule has 0 unspecified atom stereocenters. The van der Waals surface area contributed by atoms with Crippen molar-refractivity contribution in [3.63, 3.8) is 0 Å². The first-order valence-corrected chi connectivity index (χ1v) is 3.52. The lowest BCUT2D eigenvalue weighted by Crippen LogP contribution is -2.31. The zero-order valence-corrected chi connectivity index (χ0v) is 7.34. The van der Waals surface area contributed by atoms with Gasteiger partial charge in [0.2, 0.25) is 5.91 Å². The van der Waals surface area contributed by atoms with Crippen molar-refractivity contribution in [1.29, 1.82) is 0 Å². The van der Waals surface area contributed by atoms with E-state index in [1.807, 2.05) is 0 Å². The second kappa shape index (κ2) is 7.80. The third kappa shape index (κ3) is 16.6. The molecule has 0 bridgehead atoms. The van der Waals surface area contributed by atoms with Crippen LogP contribution in [0.1, 0.15) is 12.8 Å². The fourth-order valence-electron chi connectivity index (χ4n) is 0.421. The van der Waals surface area contributed by atoms with E-state index in [2.05, 4.69) is 5.73 Å². The molecule has 82 valence electrons. The topological polar surface area (TPSA) is 170 Å². The molecular formula is C6H13N3O5. The van der Waals surface area contributed by atoms with Crippen LogP contribution >= 0.6 is 0 Å². The molecule has 0 aliphatic carbocycles. The molecule has 0 spiro atoms. The molecule has 0 fully saturated rings. The van der Waals surface area contributed by atoms with Crippen molar-refractivity contribution in [2.75, 3.05) is 0 Å². The molecule has 8 heteroatoms. The largest absolute Gasteiger partial charge is 0.480 e. The summed E-state index contributed by atoms with van der Waals surface area (Å²) < 4.78 is 0. The van der Waals surface area contributed by atoms with Crippen LogP contribution in [-0.2, 0) is 9.59 Å². The minimum absolute atomic E-state index is 0.0213. The van der Waals surface area contributed by atoms with Crippen LogP contribution in [0.2, 0.25) is 0 Å². The Balaban J connectivity index is 0. The van der Waals surface area contributed by atoms with Gasteiger partial charge in [-0.15, -0.1) is 0 Å². The van der Waals surface area contributed by atoms with Gasteiger partial charge in [-0.3, -0.25) is 9.59 Å². The van der Waals surface area contributed by atoms with E-state index in [9.17, 15) is 9.59 Å². The molecule has 0 rings (SSSR count). The molecule has 8 nitrogen and oxygen atoms in total. The number of carbonyl (C=O) groups is 3. The predicted molar refractivity (Wildman–Crippen MR) is 46.3 cm³/mol. The Morgan fingerprint density at radius 3 is 1.71 bits per heavy atom. The van der Waals surface area contributed by atoms with Crippen LogP contribution in [0, 0.1) is 0 Å². The van der Waals surface area contributed by atoms with Crippen molar-refractivity contribution in [3.05, 3.63) is 0 Å². The monoisotopic (exact) mass is 207 g/mol. The van der Waals surface area contributed by atoms with Crippen molar-refractivity contribution in [3.8, 4) is 0 Å². The van der Waals surface area contributed by atoms with Crippen LogP contribution < -0.4 is 17.2 Å². The van der Waals surface area contributed by atoms with E-state index in [4.69, 9.17) is 26.5 Å². The first-order valence-electron chi connectivity index (χ1n) is 3.52. The van der Waals surface area contributed by atoms with Gasteiger partial charge >= 0.3 is 12.1 Å². The SMILES string of the molecule is NC(=O)CC[C@H](N)C(=O)O.NC(=O)O. The summed E-state index contributed by atoms with van der Waals surface area (Å²) in [7, 11) is 0. The molecule has 0 aliphatic rings. The number of nitrogens with two attached hydrogens (primary N) is 3. The lowest BCUT2D eigenvalue weighted by molar-refractivity contribution is -0.138. The molecule has 1 atom stereocenters. The smallest absolute Gasteiger partial charge is 0.402 e. The second-order valence-corrected chi connectivity index (χ2v) is 2.29. The first-order chi connectivity index (χ1) is 6.27. The molecule has 8 N–H and O–H groups in total. The molecule has 0 aromatic heterocycles. The quantitative estimate of drug-likeness (QED) is 0.367. The van der Waals surface area contributed by atoms with E-state index in [0.29, 0.717) is 0 Å². The van der Waals surface area contributed by atoms with Crippen molar-refractivity contribution in [2.24, 2.45) is 17.2 Å². The molecule has 0 saturated heterocycles. The third-order valence-electron chi connectivity index (χ3n) is 1.02. The molecule has 0 saturated carbocycles. The van der Waals surface area contributed by atoms with Crippen molar-refractivity contribution >= 4 is 18.0 Å². The molecule has 0 aromatic carbocycles. The standard InChI is InChI=1S/C5H10N2O3.CH3NO2/c6-3(5(9)10)1-2-4(7)8;2-1(3)4/h3H,1-2,6H2,(H2,7,8)(H,9,10);2H2,(H,3,4)/t3-;/m0./s1. The minimum Gasteiger partial charge on any atom is -0.480 e. The average Bonchev–Trinajstić information content (AvgIpc) is 1.98. The third-order valence-corrected chi connectivity index (χ3v) is 1.02. The number of amides is 2. The van der Waals surface area contributed by atoms with Gasteiger partial charge < -0.3 is 27.4 Å². The maximum absolute atomic E-state index is 10.1. The number of carbonyl (C=O) groups excluding carboxylic acids is 1. The van der Waals surface area contributed by atoms with Gasteiger partial charge in [0.15, 0.2) is 0 Å². The van der Waals surface area contributed by atoms with E-state index < -0.39 is 24.0 Å². The minimum atomic E-state index is -1.33. The Labute approximate surface area is 79.7 Å². The Hall–Kier alpha value is -1.83. The van der Waals surface area contributed by atoms with Gasteiger partial charge in [0, 0.05) is 6.42 Å². The summed E-state index contributed by atoms with van der Waals surface area (Å²) >= 11 is 0. The number of carboxylic acids is 1. The van der Waals surface area contributed by atoms with Crippen LogP contribution in [0.4, 0.5) is 4.79 Å².